The quantitative estimate of drug-likeness (QED) is 0.264. The number of fused-ring (bicyclic) bond motifs is 1. The second-order valence-corrected chi connectivity index (χ2v) is 10.6. The third kappa shape index (κ3) is 5.39. The number of nitrogens with zero attached hydrogens (tertiary/aromatic N) is 2. The van der Waals surface area contributed by atoms with Crippen LogP contribution < -0.4 is 0 Å². The average molecular weight is 509 g/mol. The van der Waals surface area contributed by atoms with Crippen molar-refractivity contribution in [1.29, 1.82) is 0 Å². The van der Waals surface area contributed by atoms with E-state index in [1.807, 2.05) is 26.0 Å². The Kier molecular flexibility index (Phi) is 6.78. The Bertz CT molecular complexity index is 1310. The zero-order valence-corrected chi connectivity index (χ0v) is 20.1. The van der Waals surface area contributed by atoms with Gasteiger partial charge in [-0.3, -0.25) is 4.79 Å². The smallest absolute Gasteiger partial charge is 0.416 e. The molecule has 0 aliphatic carbocycles. The molecule has 4 aromatic rings. The highest BCUT2D eigenvalue weighted by atomic mass is 32.2. The maximum absolute atomic E-state index is 12.8. The van der Waals surface area contributed by atoms with Gasteiger partial charge in [0.25, 0.3) is 0 Å². The number of aryl methyl sites for hydroxylation is 3. The number of hydrogen-bond acceptors (Lipinski definition) is 6. The Hall–Kier alpha value is -2.43. The first kappa shape index (κ1) is 23.7. The molecule has 0 saturated carbocycles. The SMILES string of the molecule is Cc1nc(-c2ccc(C(F)(F)F)cc2)sc1CSc1ccc2nc(CCC(=O)O)sc2c1C. The van der Waals surface area contributed by atoms with E-state index in [0.717, 1.165) is 48.4 Å². The summed E-state index contributed by atoms with van der Waals surface area (Å²) in [6, 6.07) is 9.07. The van der Waals surface area contributed by atoms with Crippen LogP contribution in [0.5, 0.6) is 0 Å². The van der Waals surface area contributed by atoms with Gasteiger partial charge in [-0.25, -0.2) is 9.97 Å². The van der Waals surface area contributed by atoms with Gasteiger partial charge in [0, 0.05) is 27.5 Å². The maximum atomic E-state index is 12.8. The molecule has 0 aliphatic rings. The number of aromatic nitrogens is 2. The Morgan fingerprint density at radius 3 is 2.45 bits per heavy atom. The van der Waals surface area contributed by atoms with Gasteiger partial charge in [0.05, 0.1) is 32.9 Å². The first-order chi connectivity index (χ1) is 15.6. The van der Waals surface area contributed by atoms with E-state index in [1.54, 1.807) is 11.8 Å². The van der Waals surface area contributed by atoms with Crippen LogP contribution in [-0.2, 0) is 23.1 Å². The summed E-state index contributed by atoms with van der Waals surface area (Å²) < 4.78 is 39.5. The molecule has 2 aromatic heterocycles. The first-order valence-electron chi connectivity index (χ1n) is 9.99. The lowest BCUT2D eigenvalue weighted by Gasteiger charge is -2.06. The van der Waals surface area contributed by atoms with Crippen LogP contribution in [0.1, 0.15) is 33.1 Å². The number of carboxylic acid groups (broad SMARTS) is 1. The molecule has 0 fully saturated rings. The van der Waals surface area contributed by atoms with Crippen LogP contribution in [-0.4, -0.2) is 21.0 Å². The molecule has 2 heterocycles. The Morgan fingerprint density at radius 1 is 1.06 bits per heavy atom. The fraction of sp³-hybridized carbons (Fsp3) is 0.261. The van der Waals surface area contributed by atoms with Gasteiger partial charge in [-0.15, -0.1) is 34.4 Å². The van der Waals surface area contributed by atoms with Gasteiger partial charge in [-0.2, -0.15) is 13.2 Å². The number of carbonyl (C=O) groups is 1. The van der Waals surface area contributed by atoms with Gasteiger partial charge in [0.2, 0.25) is 0 Å². The molecule has 1 N–H and O–H groups in total. The van der Waals surface area contributed by atoms with Crippen molar-refractivity contribution < 1.29 is 23.1 Å². The monoisotopic (exact) mass is 508 g/mol. The highest BCUT2D eigenvalue weighted by Crippen LogP contribution is 2.38. The van der Waals surface area contributed by atoms with Crippen molar-refractivity contribution >= 4 is 50.6 Å². The highest BCUT2D eigenvalue weighted by molar-refractivity contribution is 7.98. The molecule has 33 heavy (non-hydrogen) atoms. The van der Waals surface area contributed by atoms with Crippen LogP contribution in [0, 0.1) is 13.8 Å². The minimum atomic E-state index is -4.35. The molecule has 4 nitrogen and oxygen atoms in total. The summed E-state index contributed by atoms with van der Waals surface area (Å²) >= 11 is 4.70. The second-order valence-electron chi connectivity index (χ2n) is 7.43. The Balaban J connectivity index is 1.49. The molecule has 0 saturated heterocycles. The van der Waals surface area contributed by atoms with Gasteiger partial charge in [0.1, 0.15) is 5.01 Å². The fourth-order valence-electron chi connectivity index (χ4n) is 3.26. The standard InChI is InChI=1S/C23H19F3N2O2S3/c1-12-17(8-7-16-21(12)33-19(28-16)9-10-20(29)30)31-11-18-13(2)27-22(32-18)14-3-5-15(6-4-14)23(24,25)26/h3-8H,9-11H2,1-2H3,(H,29,30). The van der Waals surface area contributed by atoms with E-state index < -0.39 is 17.7 Å². The van der Waals surface area contributed by atoms with Gasteiger partial charge >= 0.3 is 12.1 Å². The zero-order valence-electron chi connectivity index (χ0n) is 17.7. The van der Waals surface area contributed by atoms with Gasteiger partial charge in [-0.1, -0.05) is 12.1 Å². The Labute approximate surface area is 200 Å². The number of rotatable bonds is 7. The summed E-state index contributed by atoms with van der Waals surface area (Å²) in [6.45, 7) is 3.95. The van der Waals surface area contributed by atoms with Crippen LogP contribution in [0.25, 0.3) is 20.8 Å². The summed E-state index contributed by atoms with van der Waals surface area (Å²) in [6.07, 6.45) is -3.87. The minimum absolute atomic E-state index is 0.0619. The van der Waals surface area contributed by atoms with Crippen molar-refractivity contribution in [2.24, 2.45) is 0 Å². The number of halogens is 3. The third-order valence-electron chi connectivity index (χ3n) is 5.06. The van der Waals surface area contributed by atoms with Crippen LogP contribution in [0.3, 0.4) is 0 Å². The van der Waals surface area contributed by atoms with Gasteiger partial charge < -0.3 is 5.11 Å². The van der Waals surface area contributed by atoms with Crippen molar-refractivity contribution in [3.63, 3.8) is 0 Å². The molecular formula is C23H19F3N2O2S3. The minimum Gasteiger partial charge on any atom is -0.481 e. The molecule has 0 atom stereocenters. The zero-order chi connectivity index (χ0) is 23.8. The number of alkyl halides is 3. The molecule has 0 unspecified atom stereocenters. The van der Waals surface area contributed by atoms with Crippen molar-refractivity contribution in [2.45, 2.75) is 43.5 Å². The summed E-state index contributed by atoms with van der Waals surface area (Å²) in [5.41, 5.74) is 2.86. The van der Waals surface area contributed by atoms with Gasteiger partial charge in [0.15, 0.2) is 0 Å². The summed E-state index contributed by atoms with van der Waals surface area (Å²) in [5.74, 6) is -0.140. The topological polar surface area (TPSA) is 63.1 Å². The van der Waals surface area contributed by atoms with E-state index in [0.29, 0.717) is 22.7 Å². The van der Waals surface area contributed by atoms with E-state index in [2.05, 4.69) is 9.97 Å². The van der Waals surface area contributed by atoms with Gasteiger partial charge in [-0.05, 0) is 43.7 Å². The van der Waals surface area contributed by atoms with Crippen LogP contribution in [0.15, 0.2) is 41.3 Å². The number of hydrogen-bond donors (Lipinski definition) is 1. The van der Waals surface area contributed by atoms with E-state index in [1.165, 1.54) is 34.8 Å². The third-order valence-corrected chi connectivity index (χ3v) is 8.89. The summed E-state index contributed by atoms with van der Waals surface area (Å²) in [4.78, 5) is 22.1. The van der Waals surface area contributed by atoms with Crippen LogP contribution in [0.2, 0.25) is 0 Å². The predicted molar refractivity (Wildman–Crippen MR) is 127 cm³/mol. The molecule has 2 aromatic carbocycles. The summed E-state index contributed by atoms with van der Waals surface area (Å²) in [7, 11) is 0. The van der Waals surface area contributed by atoms with E-state index in [-0.39, 0.29) is 6.42 Å². The molecule has 172 valence electrons. The van der Waals surface area contributed by atoms with Crippen LogP contribution in [0.4, 0.5) is 13.2 Å². The Morgan fingerprint density at radius 2 is 1.79 bits per heavy atom. The predicted octanol–water partition coefficient (Wildman–Crippen LogP) is 7.36. The highest BCUT2D eigenvalue weighted by Gasteiger charge is 2.30. The summed E-state index contributed by atoms with van der Waals surface area (Å²) in [5, 5.41) is 10.4. The van der Waals surface area contributed by atoms with Crippen LogP contribution >= 0.6 is 34.4 Å². The van der Waals surface area contributed by atoms with Crippen molar-refractivity contribution in [1.82, 2.24) is 9.97 Å². The first-order valence-corrected chi connectivity index (χ1v) is 12.6. The van der Waals surface area contributed by atoms with E-state index >= 15 is 0 Å². The molecule has 4 rings (SSSR count). The number of thioether (sulfide) groups is 1. The van der Waals surface area contributed by atoms with Crippen molar-refractivity contribution in [3.05, 3.63) is 63.1 Å². The van der Waals surface area contributed by atoms with E-state index in [9.17, 15) is 18.0 Å². The lowest BCUT2D eigenvalue weighted by atomic mass is 10.1. The molecule has 0 amide bonds. The fourth-order valence-corrected chi connectivity index (χ4v) is 6.64. The molecule has 0 radical (unpaired) electrons. The molecule has 0 spiro atoms. The number of benzene rings is 2. The lowest BCUT2D eigenvalue weighted by molar-refractivity contribution is -0.138. The lowest BCUT2D eigenvalue weighted by Crippen LogP contribution is -2.03. The van der Waals surface area contributed by atoms with Crippen molar-refractivity contribution in [3.8, 4) is 10.6 Å². The molecule has 0 aliphatic heterocycles. The molecular weight excluding hydrogens is 489 g/mol. The van der Waals surface area contributed by atoms with Crippen molar-refractivity contribution in [2.75, 3.05) is 0 Å². The molecule has 0 bridgehead atoms. The second kappa shape index (κ2) is 9.44. The maximum Gasteiger partial charge on any atom is 0.416 e. The van der Waals surface area contributed by atoms with E-state index in [4.69, 9.17) is 5.11 Å². The number of thiazole rings is 2. The number of carboxylic acids is 1. The number of aliphatic carboxylic acids is 1. The largest absolute Gasteiger partial charge is 0.481 e. The average Bonchev–Trinajstić information content (AvgIpc) is 3.35. The normalized spacial score (nSPS) is 11.9. The molecule has 10 heteroatoms.